The van der Waals surface area contributed by atoms with E-state index in [1.165, 1.54) is 22.8 Å². The Labute approximate surface area is 129 Å². The number of thiophene rings is 1. The second-order valence-corrected chi connectivity index (χ2v) is 7.85. The third kappa shape index (κ3) is 3.56. The average Bonchev–Trinajstić information content (AvgIpc) is 2.79. The van der Waals surface area contributed by atoms with E-state index in [4.69, 9.17) is 0 Å². The fourth-order valence-electron chi connectivity index (χ4n) is 2.23. The van der Waals surface area contributed by atoms with Crippen LogP contribution in [0.25, 0.3) is 0 Å². The number of aryl methyl sites for hydroxylation is 1. The molecule has 1 aliphatic rings. The molecule has 0 bridgehead atoms. The highest BCUT2D eigenvalue weighted by Crippen LogP contribution is 2.30. The summed E-state index contributed by atoms with van der Waals surface area (Å²) in [6, 6.07) is 0. The summed E-state index contributed by atoms with van der Waals surface area (Å²) >= 11 is 1.18. The van der Waals surface area contributed by atoms with E-state index in [1.54, 1.807) is 12.3 Å². The topological polar surface area (TPSA) is 75.7 Å². The third-order valence-electron chi connectivity index (χ3n) is 3.66. The van der Waals surface area contributed by atoms with E-state index in [0.717, 1.165) is 12.8 Å². The van der Waals surface area contributed by atoms with Crippen molar-refractivity contribution in [3.63, 3.8) is 0 Å². The lowest BCUT2D eigenvalue weighted by Crippen LogP contribution is -2.41. The van der Waals surface area contributed by atoms with Crippen LogP contribution in [0.15, 0.2) is 5.38 Å². The van der Waals surface area contributed by atoms with Gasteiger partial charge in [0.25, 0.3) is 0 Å². The summed E-state index contributed by atoms with van der Waals surface area (Å²) in [7, 11) is -2.35. The highest BCUT2D eigenvalue weighted by Gasteiger charge is 2.29. The fourth-order valence-corrected chi connectivity index (χ4v) is 4.56. The molecule has 0 atom stereocenters. The van der Waals surface area contributed by atoms with Crippen LogP contribution in [0.2, 0.25) is 0 Å². The first-order valence-electron chi connectivity index (χ1n) is 6.79. The molecule has 21 heavy (non-hydrogen) atoms. The summed E-state index contributed by atoms with van der Waals surface area (Å²) in [4.78, 5) is 12.0. The number of piperidine rings is 1. The average molecular weight is 332 g/mol. The van der Waals surface area contributed by atoms with Gasteiger partial charge < -0.3 is 4.74 Å². The Morgan fingerprint density at radius 2 is 2.05 bits per heavy atom. The Morgan fingerprint density at radius 3 is 2.62 bits per heavy atom. The lowest BCUT2D eigenvalue weighted by Gasteiger charge is -2.29. The van der Waals surface area contributed by atoms with Crippen molar-refractivity contribution in [3.05, 3.63) is 15.8 Å². The number of nitrogens with one attached hydrogen (secondary N) is 1. The van der Waals surface area contributed by atoms with Gasteiger partial charge in [-0.25, -0.2) is 4.79 Å². The van der Waals surface area contributed by atoms with Gasteiger partial charge in [-0.05, 0) is 36.6 Å². The van der Waals surface area contributed by atoms with Gasteiger partial charge in [-0.1, -0.05) is 6.92 Å². The molecule has 0 radical (unpaired) electrons. The Kier molecular flexibility index (Phi) is 4.90. The zero-order valence-corrected chi connectivity index (χ0v) is 14.0. The number of ether oxygens (including phenoxy) is 1. The van der Waals surface area contributed by atoms with Crippen LogP contribution in [0, 0.1) is 12.8 Å². The maximum Gasteiger partial charge on any atom is 0.350 e. The molecule has 1 aliphatic heterocycles. The van der Waals surface area contributed by atoms with Crippen molar-refractivity contribution >= 4 is 33.2 Å². The monoisotopic (exact) mass is 332 g/mol. The van der Waals surface area contributed by atoms with Gasteiger partial charge in [0.2, 0.25) is 0 Å². The minimum absolute atomic E-state index is 0.281. The molecule has 0 unspecified atom stereocenters. The van der Waals surface area contributed by atoms with Crippen LogP contribution in [0.5, 0.6) is 0 Å². The van der Waals surface area contributed by atoms with E-state index < -0.39 is 16.2 Å². The number of carbonyl (C=O) groups excluding carboxylic acids is 1. The van der Waals surface area contributed by atoms with E-state index in [0.29, 0.717) is 30.3 Å². The Bertz CT molecular complexity index is 616. The van der Waals surface area contributed by atoms with Gasteiger partial charge in [0.05, 0.1) is 12.8 Å². The van der Waals surface area contributed by atoms with E-state index >= 15 is 0 Å². The summed E-state index contributed by atoms with van der Waals surface area (Å²) in [5.41, 5.74) is 1.04. The van der Waals surface area contributed by atoms with Crippen LogP contribution in [0.4, 0.5) is 5.69 Å². The number of anilines is 1. The maximum absolute atomic E-state index is 12.4. The molecule has 8 heteroatoms. The molecular formula is C13H20N2O4S2. The minimum atomic E-state index is -3.63. The van der Waals surface area contributed by atoms with Gasteiger partial charge in [-0.2, -0.15) is 12.7 Å². The van der Waals surface area contributed by atoms with Crippen molar-refractivity contribution in [1.82, 2.24) is 4.31 Å². The maximum atomic E-state index is 12.4. The number of rotatable bonds is 4. The minimum Gasteiger partial charge on any atom is -0.465 e. The van der Waals surface area contributed by atoms with Gasteiger partial charge in [-0.15, -0.1) is 11.3 Å². The van der Waals surface area contributed by atoms with Crippen molar-refractivity contribution in [2.75, 3.05) is 24.9 Å². The normalized spacial score (nSPS) is 17.7. The molecule has 1 saturated heterocycles. The molecule has 2 heterocycles. The molecule has 2 rings (SSSR count). The highest BCUT2D eigenvalue weighted by molar-refractivity contribution is 7.90. The van der Waals surface area contributed by atoms with Gasteiger partial charge in [-0.3, -0.25) is 4.72 Å². The zero-order chi connectivity index (χ0) is 15.6. The zero-order valence-electron chi connectivity index (χ0n) is 12.4. The van der Waals surface area contributed by atoms with Crippen LogP contribution >= 0.6 is 11.3 Å². The summed E-state index contributed by atoms with van der Waals surface area (Å²) in [5.74, 6) is 0.0167. The van der Waals surface area contributed by atoms with Crippen molar-refractivity contribution < 1.29 is 17.9 Å². The van der Waals surface area contributed by atoms with Crippen molar-refractivity contribution in [1.29, 1.82) is 0 Å². The second-order valence-electron chi connectivity index (χ2n) is 5.30. The second kappa shape index (κ2) is 6.33. The Balaban J connectivity index is 2.21. The number of methoxy groups -OCH3 is 1. The summed E-state index contributed by atoms with van der Waals surface area (Å²) in [6.45, 7) is 4.90. The number of carbonyl (C=O) groups is 1. The molecule has 0 aromatic carbocycles. The Morgan fingerprint density at radius 1 is 1.43 bits per heavy atom. The quantitative estimate of drug-likeness (QED) is 0.858. The van der Waals surface area contributed by atoms with Crippen molar-refractivity contribution in [2.45, 2.75) is 26.7 Å². The smallest absolute Gasteiger partial charge is 0.350 e. The molecule has 1 aromatic rings. The molecule has 1 aromatic heterocycles. The molecule has 1 fully saturated rings. The first-order chi connectivity index (χ1) is 9.85. The van der Waals surface area contributed by atoms with E-state index in [2.05, 4.69) is 16.4 Å². The molecule has 0 aliphatic carbocycles. The predicted octanol–water partition coefficient (Wildman–Crippen LogP) is 2.23. The first-order valence-corrected chi connectivity index (χ1v) is 9.11. The molecule has 118 valence electrons. The van der Waals surface area contributed by atoms with Gasteiger partial charge >= 0.3 is 16.2 Å². The van der Waals surface area contributed by atoms with Crippen molar-refractivity contribution in [3.8, 4) is 0 Å². The van der Waals surface area contributed by atoms with Crippen LogP contribution in [0.1, 0.15) is 35.0 Å². The Hall–Kier alpha value is -1.12. The number of hydrogen-bond acceptors (Lipinski definition) is 5. The van der Waals surface area contributed by atoms with E-state index in [-0.39, 0.29) is 4.88 Å². The van der Waals surface area contributed by atoms with Gasteiger partial charge in [0.1, 0.15) is 4.88 Å². The van der Waals surface area contributed by atoms with Gasteiger partial charge in [0, 0.05) is 13.1 Å². The first kappa shape index (κ1) is 16.3. The lowest BCUT2D eigenvalue weighted by atomic mass is 10.0. The lowest BCUT2D eigenvalue weighted by molar-refractivity contribution is 0.0607. The molecule has 1 N–H and O–H groups in total. The SMILES string of the molecule is COC(=O)c1scc(C)c1NS(=O)(=O)N1CCC(C)CC1. The number of esters is 1. The predicted molar refractivity (Wildman–Crippen MR) is 82.9 cm³/mol. The summed E-state index contributed by atoms with van der Waals surface area (Å²) in [5, 5.41) is 1.74. The van der Waals surface area contributed by atoms with E-state index in [1.807, 2.05) is 0 Å². The van der Waals surface area contributed by atoms with Crippen LogP contribution in [0.3, 0.4) is 0 Å². The van der Waals surface area contributed by atoms with Crippen molar-refractivity contribution in [2.24, 2.45) is 5.92 Å². The highest BCUT2D eigenvalue weighted by atomic mass is 32.2. The molecule has 0 saturated carbocycles. The summed E-state index contributed by atoms with van der Waals surface area (Å²) in [6.07, 6.45) is 1.71. The molecular weight excluding hydrogens is 312 g/mol. The third-order valence-corrected chi connectivity index (χ3v) is 6.24. The molecule has 0 spiro atoms. The van der Waals surface area contributed by atoms with Crippen LogP contribution < -0.4 is 4.72 Å². The molecule has 6 nitrogen and oxygen atoms in total. The molecule has 0 amide bonds. The fraction of sp³-hybridized carbons (Fsp3) is 0.615. The number of nitrogens with zero attached hydrogens (tertiary/aromatic N) is 1. The summed E-state index contributed by atoms with van der Waals surface area (Å²) < 4.78 is 33.6. The largest absolute Gasteiger partial charge is 0.465 e. The standard InChI is InChI=1S/C13H20N2O4S2/c1-9-4-6-15(7-5-9)21(17,18)14-11-10(2)8-20-12(11)13(16)19-3/h8-9,14H,4-7H2,1-3H3. The van der Waals surface area contributed by atoms with Gasteiger partial charge in [0.15, 0.2) is 0 Å². The van der Waals surface area contributed by atoms with E-state index in [9.17, 15) is 13.2 Å². The number of hydrogen-bond donors (Lipinski definition) is 1. The van der Waals surface area contributed by atoms with Crippen LogP contribution in [-0.4, -0.2) is 38.9 Å². The van der Waals surface area contributed by atoms with Crippen LogP contribution in [-0.2, 0) is 14.9 Å².